The zero-order chi connectivity index (χ0) is 24.2. The van der Waals surface area contributed by atoms with Crippen LogP contribution in [0.2, 0.25) is 5.02 Å². The number of carbonyl (C=O) groups excluding carboxylic acids is 1. The number of carboxylic acids is 1. The Labute approximate surface area is 203 Å². The van der Waals surface area contributed by atoms with E-state index in [0.29, 0.717) is 40.9 Å². The lowest BCUT2D eigenvalue weighted by molar-refractivity contribution is -0.142. The van der Waals surface area contributed by atoms with E-state index in [1.807, 2.05) is 42.5 Å². The van der Waals surface area contributed by atoms with Crippen LogP contribution in [0.3, 0.4) is 0 Å². The van der Waals surface area contributed by atoms with Crippen molar-refractivity contribution >= 4 is 29.4 Å². The van der Waals surface area contributed by atoms with Crippen LogP contribution < -0.4 is 5.32 Å². The van der Waals surface area contributed by atoms with Crippen LogP contribution in [0.15, 0.2) is 53.1 Å². The number of amides is 1. The summed E-state index contributed by atoms with van der Waals surface area (Å²) < 4.78 is 11.0. The predicted molar refractivity (Wildman–Crippen MR) is 129 cm³/mol. The number of nitrogens with zero attached hydrogens (tertiary/aromatic N) is 1. The van der Waals surface area contributed by atoms with Gasteiger partial charge in [0.1, 0.15) is 17.5 Å². The molecule has 178 valence electrons. The Morgan fingerprint density at radius 1 is 1.12 bits per heavy atom. The van der Waals surface area contributed by atoms with Crippen molar-refractivity contribution in [2.45, 2.75) is 51.6 Å². The molecule has 0 radical (unpaired) electrons. The van der Waals surface area contributed by atoms with E-state index in [1.165, 1.54) is 5.56 Å². The number of ether oxygens (including phenoxy) is 1. The fourth-order valence-corrected chi connectivity index (χ4v) is 4.74. The van der Waals surface area contributed by atoms with Gasteiger partial charge < -0.3 is 14.4 Å². The highest BCUT2D eigenvalue weighted by molar-refractivity contribution is 6.31. The van der Waals surface area contributed by atoms with Crippen molar-refractivity contribution in [3.63, 3.8) is 0 Å². The summed E-state index contributed by atoms with van der Waals surface area (Å²) in [5.74, 6) is -0.142. The second-order valence-corrected chi connectivity index (χ2v) is 9.08. The molecule has 1 unspecified atom stereocenters. The van der Waals surface area contributed by atoms with E-state index < -0.39 is 18.2 Å². The largest absolute Gasteiger partial charge is 0.481 e. The van der Waals surface area contributed by atoms with Crippen molar-refractivity contribution in [3.8, 4) is 11.3 Å². The Kier molecular flexibility index (Phi) is 7.22. The van der Waals surface area contributed by atoms with Crippen LogP contribution >= 0.6 is 11.6 Å². The number of rotatable bonds is 6. The molecule has 1 atom stereocenters. The summed E-state index contributed by atoms with van der Waals surface area (Å²) in [6.07, 6.45) is 1.96. The van der Waals surface area contributed by atoms with Gasteiger partial charge in [0.05, 0.1) is 5.92 Å². The summed E-state index contributed by atoms with van der Waals surface area (Å²) in [5.41, 5.74) is 3.65. The summed E-state index contributed by atoms with van der Waals surface area (Å²) in [6, 6.07) is 15.1. The number of aryl methyl sites for hydroxylation is 1. The molecule has 0 spiro atoms. The number of carbonyl (C=O) groups is 2. The quantitative estimate of drug-likeness (QED) is 0.393. The van der Waals surface area contributed by atoms with E-state index in [2.05, 4.69) is 10.5 Å². The minimum absolute atomic E-state index is 0.235. The van der Waals surface area contributed by atoms with Gasteiger partial charge in [-0.25, -0.2) is 4.79 Å². The van der Waals surface area contributed by atoms with E-state index in [0.717, 1.165) is 24.0 Å². The first-order valence-corrected chi connectivity index (χ1v) is 11.7. The fraction of sp³-hybridized carbons (Fsp3) is 0.346. The minimum Gasteiger partial charge on any atom is -0.481 e. The molecule has 0 bridgehead atoms. The molecule has 1 fully saturated rings. The number of anilines is 1. The summed E-state index contributed by atoms with van der Waals surface area (Å²) in [7, 11) is 0. The molecule has 7 nitrogen and oxygen atoms in total. The van der Waals surface area contributed by atoms with E-state index >= 15 is 0 Å². The number of hydrogen-bond acceptors (Lipinski definition) is 5. The number of aromatic nitrogens is 1. The van der Waals surface area contributed by atoms with Gasteiger partial charge in [0.25, 0.3) is 0 Å². The molecule has 1 aliphatic rings. The Hall–Kier alpha value is -3.32. The number of carboxylic acid groups (broad SMARTS) is 1. The van der Waals surface area contributed by atoms with Crippen LogP contribution in [-0.2, 0) is 9.53 Å². The number of aliphatic carboxylic acids is 1. The van der Waals surface area contributed by atoms with Crippen LogP contribution in [0, 0.1) is 12.8 Å². The average molecular weight is 483 g/mol. The third-order valence-electron chi connectivity index (χ3n) is 6.44. The molecule has 34 heavy (non-hydrogen) atoms. The van der Waals surface area contributed by atoms with Gasteiger partial charge in [-0.2, -0.15) is 0 Å². The third kappa shape index (κ3) is 5.25. The Bertz CT molecular complexity index is 1170. The molecule has 0 saturated heterocycles. The van der Waals surface area contributed by atoms with Crippen molar-refractivity contribution in [2.75, 3.05) is 5.32 Å². The van der Waals surface area contributed by atoms with Crippen molar-refractivity contribution in [1.82, 2.24) is 5.16 Å². The molecule has 2 aromatic carbocycles. The maximum absolute atomic E-state index is 12.6. The topological polar surface area (TPSA) is 102 Å². The van der Waals surface area contributed by atoms with Gasteiger partial charge in [-0.15, -0.1) is 0 Å². The molecule has 1 amide bonds. The lowest BCUT2D eigenvalue weighted by atomic mass is 9.78. The molecule has 2 N–H and O–H groups in total. The van der Waals surface area contributed by atoms with E-state index in [1.54, 1.807) is 19.9 Å². The van der Waals surface area contributed by atoms with Crippen molar-refractivity contribution in [1.29, 1.82) is 0 Å². The smallest absolute Gasteiger partial charge is 0.412 e. The van der Waals surface area contributed by atoms with Crippen molar-refractivity contribution in [2.24, 2.45) is 5.92 Å². The van der Waals surface area contributed by atoms with E-state index in [4.69, 9.17) is 20.9 Å². The Balaban J connectivity index is 1.44. The van der Waals surface area contributed by atoms with Crippen LogP contribution in [0.25, 0.3) is 11.3 Å². The van der Waals surface area contributed by atoms with Gasteiger partial charge in [-0.3, -0.25) is 10.1 Å². The van der Waals surface area contributed by atoms with Crippen LogP contribution in [-0.4, -0.2) is 22.3 Å². The molecule has 0 aliphatic heterocycles. The van der Waals surface area contributed by atoms with Crippen molar-refractivity contribution < 1.29 is 24.0 Å². The zero-order valence-electron chi connectivity index (χ0n) is 19.1. The molecule has 1 aliphatic carbocycles. The van der Waals surface area contributed by atoms with Gasteiger partial charge in [-0.05, 0) is 57.1 Å². The lowest BCUT2D eigenvalue weighted by Crippen LogP contribution is -2.20. The first-order valence-electron chi connectivity index (χ1n) is 11.3. The average Bonchev–Trinajstić information content (AvgIpc) is 3.19. The van der Waals surface area contributed by atoms with E-state index in [9.17, 15) is 14.7 Å². The molecule has 3 aromatic rings. The third-order valence-corrected chi connectivity index (χ3v) is 6.78. The normalized spacial score (nSPS) is 18.8. The highest BCUT2D eigenvalue weighted by Gasteiger charge is 2.27. The van der Waals surface area contributed by atoms with Gasteiger partial charge in [0.15, 0.2) is 5.76 Å². The highest BCUT2D eigenvalue weighted by Crippen LogP contribution is 2.38. The van der Waals surface area contributed by atoms with Crippen LogP contribution in [0.1, 0.15) is 61.4 Å². The number of benzene rings is 2. The molecule has 1 aromatic heterocycles. The van der Waals surface area contributed by atoms with Gasteiger partial charge in [0.2, 0.25) is 0 Å². The number of halogens is 1. The van der Waals surface area contributed by atoms with Gasteiger partial charge in [-0.1, -0.05) is 59.2 Å². The Morgan fingerprint density at radius 3 is 2.44 bits per heavy atom. The number of hydrogen-bond donors (Lipinski definition) is 2. The molecule has 4 rings (SSSR count). The van der Waals surface area contributed by atoms with Gasteiger partial charge in [0, 0.05) is 16.1 Å². The maximum atomic E-state index is 12.6. The van der Waals surface area contributed by atoms with Crippen LogP contribution in [0.4, 0.5) is 10.5 Å². The van der Waals surface area contributed by atoms with E-state index in [-0.39, 0.29) is 5.92 Å². The monoisotopic (exact) mass is 482 g/mol. The predicted octanol–water partition coefficient (Wildman–Crippen LogP) is 6.97. The molecule has 1 saturated carbocycles. The first-order chi connectivity index (χ1) is 16.3. The maximum Gasteiger partial charge on any atom is 0.412 e. The first kappa shape index (κ1) is 23.8. The summed E-state index contributed by atoms with van der Waals surface area (Å²) in [4.78, 5) is 23.8. The zero-order valence-corrected chi connectivity index (χ0v) is 19.8. The summed E-state index contributed by atoms with van der Waals surface area (Å²) in [6.45, 7) is 3.50. The summed E-state index contributed by atoms with van der Waals surface area (Å²) in [5, 5.41) is 16.5. The highest BCUT2D eigenvalue weighted by atomic mass is 35.5. The molecular formula is C26H27ClN2O5. The standard InChI is InChI=1S/C26H27ClN2O5/c1-15-23(28-26(32)33-16(2)21-5-3-4-6-22(21)27)24(34-29-15)19-11-7-17(8-12-19)18-9-13-20(14-10-18)25(30)31/h3-8,11-12,16,18,20H,9-10,13-14H2,1-2H3,(H,28,32)(H,30,31). The number of nitrogens with one attached hydrogen (secondary N) is 1. The second-order valence-electron chi connectivity index (χ2n) is 8.67. The second kappa shape index (κ2) is 10.3. The minimum atomic E-state index is -0.700. The van der Waals surface area contributed by atoms with Crippen molar-refractivity contribution in [3.05, 3.63) is 70.4 Å². The lowest BCUT2D eigenvalue weighted by Gasteiger charge is -2.26. The SMILES string of the molecule is Cc1noc(-c2ccc(C3CCC(C(=O)O)CC3)cc2)c1NC(=O)OC(C)c1ccccc1Cl. The Morgan fingerprint density at radius 2 is 1.79 bits per heavy atom. The summed E-state index contributed by atoms with van der Waals surface area (Å²) >= 11 is 6.20. The molecule has 1 heterocycles. The molecular weight excluding hydrogens is 456 g/mol. The molecule has 8 heteroatoms. The van der Waals surface area contributed by atoms with Gasteiger partial charge >= 0.3 is 12.1 Å². The van der Waals surface area contributed by atoms with Crippen LogP contribution in [0.5, 0.6) is 0 Å². The fourth-order valence-electron chi connectivity index (χ4n) is 4.45.